The minimum absolute atomic E-state index is 0.109. The largest absolute Gasteiger partial charge is 0.331 e. The van der Waals surface area contributed by atoms with Gasteiger partial charge in [0, 0.05) is 36.6 Å². The van der Waals surface area contributed by atoms with Gasteiger partial charge in [-0.1, -0.05) is 0 Å². The highest BCUT2D eigenvalue weighted by atomic mass is 16.2. The molecular weight excluding hydrogens is 304 g/mol. The van der Waals surface area contributed by atoms with E-state index in [4.69, 9.17) is 0 Å². The molecule has 0 spiro atoms. The monoisotopic (exact) mass is 332 g/mol. The second-order valence-corrected chi connectivity index (χ2v) is 6.48. The zero-order chi connectivity index (χ0) is 18.2. The van der Waals surface area contributed by atoms with Gasteiger partial charge in [0.2, 0.25) is 0 Å². The van der Waals surface area contributed by atoms with Gasteiger partial charge in [-0.05, 0) is 41.5 Å². The molecule has 0 aliphatic carbocycles. The van der Waals surface area contributed by atoms with Gasteiger partial charge in [-0.15, -0.1) is 0 Å². The van der Waals surface area contributed by atoms with Gasteiger partial charge in [0.05, 0.1) is 23.5 Å². The van der Waals surface area contributed by atoms with Gasteiger partial charge in [-0.2, -0.15) is 10.2 Å². The second-order valence-electron chi connectivity index (χ2n) is 6.48. The van der Waals surface area contributed by atoms with Crippen LogP contribution in [0.25, 0.3) is 0 Å². The van der Waals surface area contributed by atoms with Gasteiger partial charge in [-0.25, -0.2) is 4.79 Å². The summed E-state index contributed by atoms with van der Waals surface area (Å²) in [5.41, 5.74) is 6.13. The molecule has 7 heteroatoms. The molecule has 0 aliphatic heterocycles. The van der Waals surface area contributed by atoms with Crippen molar-refractivity contribution in [2.75, 3.05) is 0 Å². The minimum Gasteiger partial charge on any atom is -0.331 e. The highest BCUT2D eigenvalue weighted by Gasteiger charge is 2.21. The molecule has 2 aromatic rings. The van der Waals surface area contributed by atoms with E-state index in [2.05, 4.69) is 20.8 Å². The lowest BCUT2D eigenvalue weighted by molar-refractivity contribution is 0.235. The maximum atomic E-state index is 12.4. The van der Waals surface area contributed by atoms with Crippen molar-refractivity contribution in [2.24, 2.45) is 14.1 Å². The van der Waals surface area contributed by atoms with Crippen molar-refractivity contribution in [3.63, 3.8) is 0 Å². The maximum absolute atomic E-state index is 12.4. The number of carbonyl (C=O) groups is 1. The Bertz CT molecular complexity index is 695. The molecule has 2 N–H and O–H groups in total. The molecule has 7 nitrogen and oxygen atoms in total. The average molecular weight is 332 g/mol. The fraction of sp³-hybridized carbons (Fsp3) is 0.588. The summed E-state index contributed by atoms with van der Waals surface area (Å²) in [6, 6.07) is -0.413. The Morgan fingerprint density at radius 3 is 1.42 bits per heavy atom. The third-order valence-corrected chi connectivity index (χ3v) is 4.69. The Hall–Kier alpha value is -2.31. The fourth-order valence-corrected chi connectivity index (χ4v) is 3.41. The normalized spacial score (nSPS) is 13.7. The highest BCUT2D eigenvalue weighted by Crippen LogP contribution is 2.22. The van der Waals surface area contributed by atoms with Crippen LogP contribution in [0.4, 0.5) is 4.79 Å². The van der Waals surface area contributed by atoms with Gasteiger partial charge < -0.3 is 10.6 Å². The van der Waals surface area contributed by atoms with E-state index in [-0.39, 0.29) is 18.1 Å². The predicted molar refractivity (Wildman–Crippen MR) is 93.9 cm³/mol. The third kappa shape index (κ3) is 3.29. The number of hydrogen-bond acceptors (Lipinski definition) is 3. The van der Waals surface area contributed by atoms with Crippen LogP contribution < -0.4 is 10.6 Å². The molecule has 24 heavy (non-hydrogen) atoms. The van der Waals surface area contributed by atoms with Crippen molar-refractivity contribution in [1.29, 1.82) is 0 Å². The number of urea groups is 1. The van der Waals surface area contributed by atoms with E-state index in [0.717, 1.165) is 33.9 Å². The van der Waals surface area contributed by atoms with Crippen LogP contribution in [0, 0.1) is 27.7 Å². The first-order valence-corrected chi connectivity index (χ1v) is 8.20. The van der Waals surface area contributed by atoms with Gasteiger partial charge in [0.15, 0.2) is 0 Å². The first-order chi connectivity index (χ1) is 11.1. The van der Waals surface area contributed by atoms with Crippen LogP contribution in [0.2, 0.25) is 0 Å². The Balaban J connectivity index is 2.07. The van der Waals surface area contributed by atoms with Gasteiger partial charge in [0.1, 0.15) is 0 Å². The Labute approximate surface area is 143 Å². The molecular formula is C17H28N6O. The van der Waals surface area contributed by atoms with Crippen LogP contribution in [0.5, 0.6) is 0 Å². The molecule has 132 valence electrons. The Kier molecular flexibility index (Phi) is 5.01. The quantitative estimate of drug-likeness (QED) is 0.903. The summed E-state index contributed by atoms with van der Waals surface area (Å²) < 4.78 is 3.68. The summed E-state index contributed by atoms with van der Waals surface area (Å²) in [6.07, 6.45) is 0. The van der Waals surface area contributed by atoms with E-state index >= 15 is 0 Å². The molecule has 0 radical (unpaired) electrons. The second kappa shape index (κ2) is 6.67. The standard InChI is InChI=1S/C17H28N6O/c1-9(15-11(3)20-22(7)13(15)5)18-17(24)19-10(2)16-12(4)21-23(8)14(16)6/h9-10H,1-8H3,(H2,18,19,24)/t9-,10-/m0/s1. The van der Waals surface area contributed by atoms with Gasteiger partial charge >= 0.3 is 6.03 Å². The molecule has 0 saturated heterocycles. The molecule has 0 saturated carbocycles. The van der Waals surface area contributed by atoms with E-state index in [1.807, 2.05) is 65.0 Å². The van der Waals surface area contributed by atoms with Crippen LogP contribution >= 0.6 is 0 Å². The van der Waals surface area contributed by atoms with E-state index in [1.165, 1.54) is 0 Å². The number of hydrogen-bond donors (Lipinski definition) is 2. The van der Waals surface area contributed by atoms with Crippen molar-refractivity contribution in [2.45, 2.75) is 53.6 Å². The molecule has 0 fully saturated rings. The minimum atomic E-state index is -0.194. The van der Waals surface area contributed by atoms with Crippen LogP contribution in [-0.2, 0) is 14.1 Å². The first kappa shape index (κ1) is 18.0. The SMILES string of the molecule is Cc1nn(C)c(C)c1[C@H](C)NC(=O)N[C@@H](C)c1c(C)nn(C)c1C. The summed E-state index contributed by atoms with van der Waals surface area (Å²) >= 11 is 0. The maximum Gasteiger partial charge on any atom is 0.315 e. The number of nitrogens with zero attached hydrogens (tertiary/aromatic N) is 4. The number of rotatable bonds is 4. The molecule has 2 heterocycles. The molecule has 2 rings (SSSR count). The lowest BCUT2D eigenvalue weighted by atomic mass is 10.1. The molecule has 0 bridgehead atoms. The smallest absolute Gasteiger partial charge is 0.315 e. The summed E-state index contributed by atoms with van der Waals surface area (Å²) in [4.78, 5) is 12.4. The van der Waals surface area contributed by atoms with E-state index in [9.17, 15) is 4.79 Å². The van der Waals surface area contributed by atoms with Gasteiger partial charge in [-0.3, -0.25) is 9.36 Å². The topological polar surface area (TPSA) is 76.8 Å². The van der Waals surface area contributed by atoms with Crippen LogP contribution in [-0.4, -0.2) is 25.6 Å². The predicted octanol–water partition coefficient (Wildman–Crippen LogP) is 2.51. The lowest BCUT2D eigenvalue weighted by Crippen LogP contribution is -2.39. The molecule has 0 aliphatic rings. The molecule has 0 aromatic carbocycles. The summed E-state index contributed by atoms with van der Waals surface area (Å²) in [5, 5.41) is 14.8. The molecule has 2 atom stereocenters. The van der Waals surface area contributed by atoms with Gasteiger partial charge in [0.25, 0.3) is 0 Å². The Morgan fingerprint density at radius 1 is 0.833 bits per heavy atom. The summed E-state index contributed by atoms with van der Waals surface area (Å²) in [5.74, 6) is 0. The zero-order valence-corrected chi connectivity index (χ0v) is 15.9. The first-order valence-electron chi connectivity index (χ1n) is 8.20. The zero-order valence-electron chi connectivity index (χ0n) is 15.9. The fourth-order valence-electron chi connectivity index (χ4n) is 3.41. The summed E-state index contributed by atoms with van der Waals surface area (Å²) in [7, 11) is 3.82. The average Bonchev–Trinajstić information content (AvgIpc) is 2.85. The van der Waals surface area contributed by atoms with Crippen molar-refractivity contribution in [1.82, 2.24) is 30.2 Å². The van der Waals surface area contributed by atoms with E-state index in [1.54, 1.807) is 0 Å². The lowest BCUT2D eigenvalue weighted by Gasteiger charge is -2.19. The number of nitrogens with one attached hydrogen (secondary N) is 2. The van der Waals surface area contributed by atoms with E-state index < -0.39 is 0 Å². The van der Waals surface area contributed by atoms with Crippen molar-refractivity contribution in [3.05, 3.63) is 33.9 Å². The number of carbonyl (C=O) groups excluding carboxylic acids is 1. The molecule has 0 unspecified atom stereocenters. The van der Waals surface area contributed by atoms with Crippen molar-refractivity contribution < 1.29 is 4.79 Å². The number of aromatic nitrogens is 4. The highest BCUT2D eigenvalue weighted by molar-refractivity contribution is 5.75. The molecule has 2 aromatic heterocycles. The molecule has 2 amide bonds. The Morgan fingerprint density at radius 2 is 1.17 bits per heavy atom. The number of amides is 2. The van der Waals surface area contributed by atoms with Crippen molar-refractivity contribution in [3.8, 4) is 0 Å². The van der Waals surface area contributed by atoms with Crippen LogP contribution in [0.1, 0.15) is 59.8 Å². The van der Waals surface area contributed by atoms with Crippen LogP contribution in [0.3, 0.4) is 0 Å². The van der Waals surface area contributed by atoms with Crippen molar-refractivity contribution >= 4 is 6.03 Å². The summed E-state index contributed by atoms with van der Waals surface area (Å²) in [6.45, 7) is 11.9. The third-order valence-electron chi connectivity index (χ3n) is 4.69. The number of aryl methyl sites for hydroxylation is 4. The van der Waals surface area contributed by atoms with E-state index in [0.29, 0.717) is 0 Å². The van der Waals surface area contributed by atoms with Crippen LogP contribution in [0.15, 0.2) is 0 Å².